The fourth-order valence-electron chi connectivity index (χ4n) is 1.64. The molecule has 0 saturated heterocycles. The summed E-state index contributed by atoms with van der Waals surface area (Å²) >= 11 is 0. The molecule has 0 aliphatic rings. The number of para-hydroxylation sites is 1. The van der Waals surface area contributed by atoms with Crippen molar-refractivity contribution in [3.63, 3.8) is 0 Å². The molecule has 0 bridgehead atoms. The second-order valence-electron chi connectivity index (χ2n) is 4.79. The van der Waals surface area contributed by atoms with E-state index in [0.29, 0.717) is 5.92 Å². The lowest BCUT2D eigenvalue weighted by molar-refractivity contribution is 0.110. The van der Waals surface area contributed by atoms with Crippen LogP contribution in [0.1, 0.15) is 25.8 Å². The predicted molar refractivity (Wildman–Crippen MR) is 74.4 cm³/mol. The maximum Gasteiger partial charge on any atom is 0.0603 e. The van der Waals surface area contributed by atoms with Crippen molar-refractivity contribution in [3.8, 4) is 0 Å². The Balaban J connectivity index is 2.22. The number of rotatable bonds is 7. The van der Waals surface area contributed by atoms with E-state index in [0.717, 1.165) is 37.6 Å². The second-order valence-corrected chi connectivity index (χ2v) is 4.79. The molecule has 1 aromatic rings. The molecule has 3 heteroatoms. The Morgan fingerprint density at radius 3 is 2.76 bits per heavy atom. The van der Waals surface area contributed by atoms with Crippen LogP contribution in [0.5, 0.6) is 0 Å². The van der Waals surface area contributed by atoms with Crippen molar-refractivity contribution in [3.05, 3.63) is 23.8 Å². The molecule has 3 N–H and O–H groups in total. The summed E-state index contributed by atoms with van der Waals surface area (Å²) in [7, 11) is 0. The van der Waals surface area contributed by atoms with Crippen LogP contribution in [0, 0.1) is 12.8 Å². The summed E-state index contributed by atoms with van der Waals surface area (Å²) in [6, 6.07) is 5.96. The summed E-state index contributed by atoms with van der Waals surface area (Å²) in [5.41, 5.74) is 8.96. The van der Waals surface area contributed by atoms with E-state index >= 15 is 0 Å². The van der Waals surface area contributed by atoms with E-state index in [1.165, 1.54) is 5.56 Å². The van der Waals surface area contributed by atoms with Gasteiger partial charge in [-0.05, 0) is 30.9 Å². The number of nitrogens with one attached hydrogen (secondary N) is 1. The highest BCUT2D eigenvalue weighted by Gasteiger charge is 2.01. The lowest BCUT2D eigenvalue weighted by Gasteiger charge is -2.12. The van der Waals surface area contributed by atoms with Gasteiger partial charge in [0.15, 0.2) is 0 Å². The van der Waals surface area contributed by atoms with Crippen LogP contribution >= 0.6 is 0 Å². The van der Waals surface area contributed by atoms with Crippen LogP contribution in [-0.4, -0.2) is 19.8 Å². The Bertz CT molecular complexity index is 317. The van der Waals surface area contributed by atoms with Crippen LogP contribution < -0.4 is 11.1 Å². The molecule has 0 saturated carbocycles. The smallest absolute Gasteiger partial charge is 0.0603 e. The average Bonchev–Trinajstić information content (AvgIpc) is 2.26. The third-order valence-electron chi connectivity index (χ3n) is 2.52. The zero-order chi connectivity index (χ0) is 12.7. The summed E-state index contributed by atoms with van der Waals surface area (Å²) in [4.78, 5) is 0. The van der Waals surface area contributed by atoms with Crippen LogP contribution in [0.2, 0.25) is 0 Å². The quantitative estimate of drug-likeness (QED) is 0.565. The monoisotopic (exact) mass is 236 g/mol. The molecular formula is C14H24N2O. The topological polar surface area (TPSA) is 47.3 Å². The molecular weight excluding hydrogens is 212 g/mol. The van der Waals surface area contributed by atoms with Gasteiger partial charge in [0.1, 0.15) is 0 Å². The third kappa shape index (κ3) is 5.09. The second kappa shape index (κ2) is 7.17. The van der Waals surface area contributed by atoms with Crippen LogP contribution in [0.4, 0.5) is 11.4 Å². The number of nitrogen functional groups attached to an aromatic ring is 1. The van der Waals surface area contributed by atoms with Gasteiger partial charge in [0.25, 0.3) is 0 Å². The summed E-state index contributed by atoms with van der Waals surface area (Å²) in [6.45, 7) is 8.92. The van der Waals surface area contributed by atoms with Crippen LogP contribution in [0.15, 0.2) is 18.2 Å². The fraction of sp³-hybridized carbons (Fsp3) is 0.571. The Morgan fingerprint density at radius 2 is 2.12 bits per heavy atom. The van der Waals surface area contributed by atoms with E-state index in [4.69, 9.17) is 10.5 Å². The van der Waals surface area contributed by atoms with Crippen molar-refractivity contribution in [2.24, 2.45) is 5.92 Å². The van der Waals surface area contributed by atoms with Gasteiger partial charge in [0.2, 0.25) is 0 Å². The Hall–Kier alpha value is -1.22. The molecule has 17 heavy (non-hydrogen) atoms. The molecule has 0 amide bonds. The Morgan fingerprint density at radius 1 is 1.35 bits per heavy atom. The summed E-state index contributed by atoms with van der Waals surface area (Å²) < 4.78 is 5.52. The molecule has 1 rings (SSSR count). The van der Waals surface area contributed by atoms with E-state index < -0.39 is 0 Å². The normalized spacial score (nSPS) is 10.8. The molecule has 0 heterocycles. The number of ether oxygens (including phenoxy) is 1. The van der Waals surface area contributed by atoms with Crippen molar-refractivity contribution in [1.29, 1.82) is 0 Å². The minimum atomic E-state index is 0.606. The molecule has 1 aromatic carbocycles. The van der Waals surface area contributed by atoms with E-state index in [9.17, 15) is 0 Å². The zero-order valence-corrected chi connectivity index (χ0v) is 11.1. The van der Waals surface area contributed by atoms with E-state index in [2.05, 4.69) is 32.2 Å². The fourth-order valence-corrected chi connectivity index (χ4v) is 1.64. The first-order chi connectivity index (χ1) is 8.11. The molecule has 96 valence electrons. The largest absolute Gasteiger partial charge is 0.397 e. The molecule has 0 radical (unpaired) electrons. The zero-order valence-electron chi connectivity index (χ0n) is 11.1. The minimum absolute atomic E-state index is 0.606. The number of anilines is 2. The molecule has 0 unspecified atom stereocenters. The molecule has 0 atom stereocenters. The maximum absolute atomic E-state index is 5.91. The van der Waals surface area contributed by atoms with Crippen molar-refractivity contribution in [2.75, 3.05) is 30.8 Å². The number of nitrogens with two attached hydrogens (primary N) is 1. The van der Waals surface area contributed by atoms with Gasteiger partial charge in [0, 0.05) is 19.8 Å². The lowest BCUT2D eigenvalue weighted by atomic mass is 10.1. The SMILES string of the molecule is Cc1cccc(N)c1NCCCOCC(C)C. The Kier molecular flexibility index (Phi) is 5.84. The molecule has 0 spiro atoms. The molecule has 3 nitrogen and oxygen atoms in total. The lowest BCUT2D eigenvalue weighted by Crippen LogP contribution is -2.10. The van der Waals surface area contributed by atoms with Gasteiger partial charge in [0.05, 0.1) is 11.4 Å². The van der Waals surface area contributed by atoms with Gasteiger partial charge in [-0.1, -0.05) is 26.0 Å². The highest BCUT2D eigenvalue weighted by atomic mass is 16.5. The Labute approximate surface area is 104 Å². The van der Waals surface area contributed by atoms with Gasteiger partial charge >= 0.3 is 0 Å². The van der Waals surface area contributed by atoms with Crippen molar-refractivity contribution in [1.82, 2.24) is 0 Å². The first-order valence-electron chi connectivity index (χ1n) is 6.28. The van der Waals surface area contributed by atoms with Gasteiger partial charge in [-0.25, -0.2) is 0 Å². The van der Waals surface area contributed by atoms with E-state index in [1.54, 1.807) is 0 Å². The standard InChI is InChI=1S/C14H24N2O/c1-11(2)10-17-9-5-8-16-14-12(3)6-4-7-13(14)15/h4,6-7,11,16H,5,8-10,15H2,1-3H3. The van der Waals surface area contributed by atoms with E-state index in [-0.39, 0.29) is 0 Å². The van der Waals surface area contributed by atoms with Gasteiger partial charge in [-0.15, -0.1) is 0 Å². The molecule has 0 aliphatic heterocycles. The average molecular weight is 236 g/mol. The molecule has 0 fully saturated rings. The maximum atomic E-state index is 5.91. The molecule has 0 aliphatic carbocycles. The van der Waals surface area contributed by atoms with Gasteiger partial charge in [-0.2, -0.15) is 0 Å². The van der Waals surface area contributed by atoms with Crippen LogP contribution in [-0.2, 0) is 4.74 Å². The summed E-state index contributed by atoms with van der Waals surface area (Å²) in [6.07, 6.45) is 1.00. The predicted octanol–water partition coefficient (Wildman–Crippen LogP) is 3.05. The number of hydrogen-bond acceptors (Lipinski definition) is 3. The van der Waals surface area contributed by atoms with Crippen LogP contribution in [0.3, 0.4) is 0 Å². The third-order valence-corrected chi connectivity index (χ3v) is 2.52. The number of aryl methyl sites for hydroxylation is 1. The van der Waals surface area contributed by atoms with E-state index in [1.807, 2.05) is 12.1 Å². The van der Waals surface area contributed by atoms with Gasteiger partial charge in [-0.3, -0.25) is 0 Å². The van der Waals surface area contributed by atoms with Crippen molar-refractivity contribution in [2.45, 2.75) is 27.2 Å². The minimum Gasteiger partial charge on any atom is -0.397 e. The van der Waals surface area contributed by atoms with Crippen LogP contribution in [0.25, 0.3) is 0 Å². The van der Waals surface area contributed by atoms with Gasteiger partial charge < -0.3 is 15.8 Å². The first-order valence-corrected chi connectivity index (χ1v) is 6.28. The summed E-state index contributed by atoms with van der Waals surface area (Å²) in [5, 5.41) is 3.36. The van der Waals surface area contributed by atoms with Crippen molar-refractivity contribution < 1.29 is 4.74 Å². The first kappa shape index (κ1) is 13.8. The highest BCUT2D eigenvalue weighted by molar-refractivity contribution is 5.69. The number of benzene rings is 1. The highest BCUT2D eigenvalue weighted by Crippen LogP contribution is 2.22. The molecule has 0 aromatic heterocycles. The summed E-state index contributed by atoms with van der Waals surface area (Å²) in [5.74, 6) is 0.606. The number of hydrogen-bond donors (Lipinski definition) is 2. The van der Waals surface area contributed by atoms with Crippen molar-refractivity contribution >= 4 is 11.4 Å².